The van der Waals surface area contributed by atoms with Crippen molar-refractivity contribution in [2.45, 2.75) is 143 Å². The predicted octanol–water partition coefficient (Wildman–Crippen LogP) is 8.51. The van der Waals surface area contributed by atoms with Crippen LogP contribution in [0.5, 0.6) is 0 Å². The van der Waals surface area contributed by atoms with Crippen molar-refractivity contribution in [3.8, 4) is 11.4 Å². The second kappa shape index (κ2) is 11.3. The van der Waals surface area contributed by atoms with Gasteiger partial charge in [0.2, 0.25) is 0 Å². The normalized spacial score (nSPS) is 41.6. The van der Waals surface area contributed by atoms with Gasteiger partial charge in [-0.1, -0.05) is 46.2 Å². The summed E-state index contributed by atoms with van der Waals surface area (Å²) in [6.07, 6.45) is 9.68. The van der Waals surface area contributed by atoms with Gasteiger partial charge in [0.15, 0.2) is 5.82 Å². The second-order valence-electron chi connectivity index (χ2n) is 18.3. The number of carbonyl (C=O) groups excluding carboxylic acids is 2. The molecule has 4 saturated carbocycles. The third-order valence-electron chi connectivity index (χ3n) is 15.1. The number of esters is 1. The zero-order valence-electron chi connectivity index (χ0n) is 30.3. The summed E-state index contributed by atoms with van der Waals surface area (Å²) < 4.78 is 15.3. The number of halogens is 1. The van der Waals surface area contributed by atoms with Gasteiger partial charge in [0, 0.05) is 28.3 Å². The predicted molar refractivity (Wildman–Crippen MR) is 185 cm³/mol. The zero-order valence-corrected chi connectivity index (χ0v) is 31.0. The molecule has 0 unspecified atom stereocenters. The van der Waals surface area contributed by atoms with E-state index in [0.29, 0.717) is 34.9 Å². The van der Waals surface area contributed by atoms with Crippen molar-refractivity contribution in [1.82, 2.24) is 20.2 Å². The van der Waals surface area contributed by atoms with Crippen LogP contribution in [0.25, 0.3) is 11.4 Å². The molecule has 4 aliphatic carbocycles. The van der Waals surface area contributed by atoms with Gasteiger partial charge in [0.1, 0.15) is 18.4 Å². The first kappa shape index (κ1) is 34.1. The average Bonchev–Trinajstić information content (AvgIpc) is 3.62. The highest BCUT2D eigenvalue weighted by Gasteiger charge is 2.72. The number of rotatable bonds is 5. The Hall–Kier alpha value is -2.32. The fourth-order valence-corrected chi connectivity index (χ4v) is 12.8. The SMILES string of the molecule is CC1(C)CCC[C@](C)([C@H]2CC[C@]3(C)[C@@H]2[C@H](OC(=O)Cn2nnnc2-c2ccc(Cl)cc2)C[C@@H]2[C@@]4(C)CCC(=O)C(C)(C)[C@@H]4CC[C@]23C)O1. The van der Waals surface area contributed by atoms with Crippen LogP contribution >= 0.6 is 11.6 Å². The first-order valence-electron chi connectivity index (χ1n) is 18.4. The van der Waals surface area contributed by atoms with Crippen molar-refractivity contribution in [3.05, 3.63) is 29.3 Å². The van der Waals surface area contributed by atoms with Crippen molar-refractivity contribution in [3.63, 3.8) is 0 Å². The molecule has 9 heteroatoms. The molecule has 0 spiro atoms. The highest BCUT2D eigenvalue weighted by molar-refractivity contribution is 6.30. The summed E-state index contributed by atoms with van der Waals surface area (Å²) in [5.41, 5.74) is 0.00125. The van der Waals surface area contributed by atoms with Crippen LogP contribution in [0.3, 0.4) is 0 Å². The number of Topliss-reactive ketones (excluding diaryl/α,β-unsaturated/α-hetero) is 1. The summed E-state index contributed by atoms with van der Waals surface area (Å²) in [5.74, 6) is 1.70. The molecule has 1 aromatic heterocycles. The molecule has 0 amide bonds. The number of benzene rings is 1. The Morgan fingerprint density at radius 1 is 0.938 bits per heavy atom. The maximum atomic E-state index is 14.1. The van der Waals surface area contributed by atoms with Gasteiger partial charge in [-0.25, -0.2) is 4.68 Å². The van der Waals surface area contributed by atoms with Gasteiger partial charge in [-0.3, -0.25) is 9.59 Å². The van der Waals surface area contributed by atoms with Crippen LogP contribution in [0.15, 0.2) is 24.3 Å². The molecular weight excluding hydrogens is 624 g/mol. The Kier molecular flexibility index (Phi) is 8.07. The standard InChI is InChI=1S/C39H55ClN4O4/c1-34(2)17-9-18-39(8,48-34)26-14-20-38(7)32(26)27(47-31(46)23-44-33(41-42-43-44)24-10-12-25(40)13-11-24)22-29-36(5)19-16-30(45)35(3,4)28(36)15-21-37(29,38)6/h10-13,26-29,32H,9,14-23H2,1-8H3/t26-,27+,28-,29+,32-,36-,37+,38+,39+/m0/s1. The van der Waals surface area contributed by atoms with E-state index in [1.807, 2.05) is 12.1 Å². The quantitative estimate of drug-likeness (QED) is 0.293. The van der Waals surface area contributed by atoms with Gasteiger partial charge >= 0.3 is 5.97 Å². The number of tetrazole rings is 1. The largest absolute Gasteiger partial charge is 0.461 e. The molecule has 0 radical (unpaired) electrons. The van der Waals surface area contributed by atoms with E-state index in [0.717, 1.165) is 63.4 Å². The number of nitrogens with zero attached hydrogens (tertiary/aromatic N) is 4. The minimum absolute atomic E-state index is 0.00799. The van der Waals surface area contributed by atoms with Crippen LogP contribution in [0.1, 0.15) is 120 Å². The summed E-state index contributed by atoms with van der Waals surface area (Å²) in [4.78, 5) is 27.4. The third-order valence-corrected chi connectivity index (χ3v) is 15.3. The first-order valence-corrected chi connectivity index (χ1v) is 18.8. The Bertz CT molecular complexity index is 1590. The molecular formula is C39H55ClN4O4. The van der Waals surface area contributed by atoms with Gasteiger partial charge in [0.25, 0.3) is 0 Å². The zero-order chi connectivity index (χ0) is 34.5. The van der Waals surface area contributed by atoms with E-state index in [2.05, 4.69) is 70.9 Å². The molecule has 9 atom stereocenters. The summed E-state index contributed by atoms with van der Waals surface area (Å²) >= 11 is 6.13. The summed E-state index contributed by atoms with van der Waals surface area (Å²) in [6, 6.07) is 7.30. The van der Waals surface area contributed by atoms with Gasteiger partial charge < -0.3 is 9.47 Å². The van der Waals surface area contributed by atoms with Crippen molar-refractivity contribution in [2.24, 2.45) is 45.3 Å². The van der Waals surface area contributed by atoms with Crippen molar-refractivity contribution < 1.29 is 19.1 Å². The van der Waals surface area contributed by atoms with E-state index in [4.69, 9.17) is 21.1 Å². The van der Waals surface area contributed by atoms with Gasteiger partial charge in [0.05, 0.1) is 11.2 Å². The number of hydrogen-bond donors (Lipinski definition) is 0. The minimum atomic E-state index is -0.344. The van der Waals surface area contributed by atoms with Crippen LogP contribution in [0.2, 0.25) is 5.02 Å². The molecule has 0 N–H and O–H groups in total. The van der Waals surface area contributed by atoms with Crippen LogP contribution in [0, 0.1) is 45.3 Å². The Labute approximate surface area is 291 Å². The number of fused-ring (bicyclic) bond motifs is 5. The highest BCUT2D eigenvalue weighted by Crippen LogP contribution is 2.76. The van der Waals surface area contributed by atoms with E-state index in [1.165, 1.54) is 4.68 Å². The van der Waals surface area contributed by atoms with Crippen molar-refractivity contribution in [2.75, 3.05) is 0 Å². The van der Waals surface area contributed by atoms with Crippen LogP contribution in [-0.4, -0.2) is 49.3 Å². The Morgan fingerprint density at radius 2 is 1.65 bits per heavy atom. The van der Waals surface area contributed by atoms with Gasteiger partial charge in [-0.2, -0.15) is 0 Å². The number of ketones is 1. The van der Waals surface area contributed by atoms with Crippen LogP contribution in [-0.2, 0) is 25.6 Å². The summed E-state index contributed by atoms with van der Waals surface area (Å²) in [6.45, 7) is 18.6. The number of ether oxygens (including phenoxy) is 2. The van der Waals surface area contributed by atoms with E-state index >= 15 is 0 Å². The van der Waals surface area contributed by atoms with Gasteiger partial charge in [-0.15, -0.1) is 5.10 Å². The van der Waals surface area contributed by atoms with E-state index in [1.54, 1.807) is 12.1 Å². The lowest BCUT2D eigenvalue weighted by atomic mass is 9.35. The molecule has 0 bridgehead atoms. The average molecular weight is 679 g/mol. The molecule has 2 heterocycles. The lowest BCUT2D eigenvalue weighted by Gasteiger charge is -2.70. The minimum Gasteiger partial charge on any atom is -0.461 e. The summed E-state index contributed by atoms with van der Waals surface area (Å²) in [7, 11) is 0. The second-order valence-corrected chi connectivity index (χ2v) is 18.7. The molecule has 262 valence electrons. The summed E-state index contributed by atoms with van der Waals surface area (Å²) in [5, 5.41) is 12.9. The number of hydrogen-bond acceptors (Lipinski definition) is 7. The first-order chi connectivity index (χ1) is 22.4. The molecule has 1 aromatic carbocycles. The molecule has 2 aromatic rings. The van der Waals surface area contributed by atoms with Crippen molar-refractivity contribution in [1.29, 1.82) is 0 Å². The molecule has 7 rings (SSSR count). The van der Waals surface area contributed by atoms with E-state index in [-0.39, 0.29) is 63.3 Å². The van der Waals surface area contributed by atoms with E-state index < -0.39 is 0 Å². The topological polar surface area (TPSA) is 96.2 Å². The lowest BCUT2D eigenvalue weighted by Crippen LogP contribution is -2.67. The fourth-order valence-electron chi connectivity index (χ4n) is 12.6. The van der Waals surface area contributed by atoms with Crippen molar-refractivity contribution >= 4 is 23.4 Å². The fraction of sp³-hybridized carbons (Fsp3) is 0.769. The van der Waals surface area contributed by atoms with E-state index in [9.17, 15) is 9.59 Å². The molecule has 1 aliphatic heterocycles. The lowest BCUT2D eigenvalue weighted by molar-refractivity contribution is -0.252. The van der Waals surface area contributed by atoms with Crippen LogP contribution < -0.4 is 0 Å². The molecule has 5 aliphatic rings. The third kappa shape index (κ3) is 5.12. The Morgan fingerprint density at radius 3 is 2.35 bits per heavy atom. The highest BCUT2D eigenvalue weighted by atomic mass is 35.5. The maximum absolute atomic E-state index is 14.1. The molecule has 48 heavy (non-hydrogen) atoms. The van der Waals surface area contributed by atoms with Gasteiger partial charge in [-0.05, 0) is 147 Å². The Balaban J connectivity index is 1.25. The number of aromatic nitrogens is 4. The number of carbonyl (C=O) groups is 2. The molecule has 1 saturated heterocycles. The maximum Gasteiger partial charge on any atom is 0.328 e. The molecule has 8 nitrogen and oxygen atoms in total. The molecule has 5 fully saturated rings. The smallest absolute Gasteiger partial charge is 0.328 e. The van der Waals surface area contributed by atoms with Crippen LogP contribution in [0.4, 0.5) is 0 Å². The monoisotopic (exact) mass is 678 g/mol.